The van der Waals surface area contributed by atoms with Crippen molar-refractivity contribution in [3.63, 3.8) is 0 Å². The van der Waals surface area contributed by atoms with Gasteiger partial charge < -0.3 is 15.0 Å². The van der Waals surface area contributed by atoms with E-state index in [1.165, 1.54) is 11.3 Å². The Hall–Kier alpha value is -1.63. The monoisotopic (exact) mass is 374 g/mol. The number of morpholine rings is 1. The molecule has 0 aromatic heterocycles. The third-order valence-corrected chi connectivity index (χ3v) is 5.78. The third-order valence-electron chi connectivity index (χ3n) is 5.78. The first-order valence-corrected chi connectivity index (χ1v) is 10.1. The number of hydrogen-bond acceptors (Lipinski definition) is 5. The first kappa shape index (κ1) is 20.1. The third kappa shape index (κ3) is 5.43. The van der Waals surface area contributed by atoms with Crippen LogP contribution >= 0.6 is 0 Å². The number of piperazine rings is 1. The number of benzene rings is 1. The lowest BCUT2D eigenvalue weighted by atomic mass is 10.0. The fourth-order valence-corrected chi connectivity index (χ4v) is 3.92. The molecule has 1 N–H and O–H groups in total. The number of para-hydroxylation sites is 1. The van der Waals surface area contributed by atoms with Gasteiger partial charge in [-0.15, -0.1) is 0 Å². The molecule has 150 valence electrons. The van der Waals surface area contributed by atoms with Crippen LogP contribution in [0.25, 0.3) is 0 Å². The molecule has 6 heteroatoms. The van der Waals surface area contributed by atoms with E-state index >= 15 is 0 Å². The maximum atomic E-state index is 12.4. The number of amides is 1. The van der Waals surface area contributed by atoms with E-state index in [0.717, 1.165) is 52.5 Å². The van der Waals surface area contributed by atoms with Crippen LogP contribution in [0.2, 0.25) is 0 Å². The van der Waals surface area contributed by atoms with Gasteiger partial charge in [-0.3, -0.25) is 14.6 Å². The number of anilines is 1. The summed E-state index contributed by atoms with van der Waals surface area (Å²) in [7, 11) is 0. The fraction of sp³-hybridized carbons (Fsp3) is 0.667. The smallest absolute Gasteiger partial charge is 0.234 e. The Morgan fingerprint density at radius 2 is 1.74 bits per heavy atom. The van der Waals surface area contributed by atoms with Gasteiger partial charge in [-0.05, 0) is 32.4 Å². The summed E-state index contributed by atoms with van der Waals surface area (Å²) in [5, 5.41) is 3.14. The van der Waals surface area contributed by atoms with Crippen LogP contribution in [-0.4, -0.2) is 86.8 Å². The molecule has 3 rings (SSSR count). The number of ether oxygens (including phenoxy) is 1. The Morgan fingerprint density at radius 1 is 1.07 bits per heavy atom. The highest BCUT2D eigenvalue weighted by atomic mass is 16.5. The maximum absolute atomic E-state index is 12.4. The van der Waals surface area contributed by atoms with Crippen LogP contribution in [-0.2, 0) is 9.53 Å². The zero-order valence-electron chi connectivity index (χ0n) is 17.0. The lowest BCUT2D eigenvalue weighted by Gasteiger charge is -2.41. The van der Waals surface area contributed by atoms with Crippen molar-refractivity contribution < 1.29 is 9.53 Å². The summed E-state index contributed by atoms with van der Waals surface area (Å²) in [4.78, 5) is 19.5. The summed E-state index contributed by atoms with van der Waals surface area (Å²) in [6.07, 6.45) is 0. The van der Waals surface area contributed by atoms with Gasteiger partial charge >= 0.3 is 0 Å². The minimum atomic E-state index is -0.0387. The van der Waals surface area contributed by atoms with Gasteiger partial charge in [0.25, 0.3) is 0 Å². The van der Waals surface area contributed by atoms with E-state index in [-0.39, 0.29) is 11.4 Å². The second-order valence-electron chi connectivity index (χ2n) is 8.24. The fourth-order valence-electron chi connectivity index (χ4n) is 3.92. The van der Waals surface area contributed by atoms with Gasteiger partial charge in [0.15, 0.2) is 0 Å². The van der Waals surface area contributed by atoms with Gasteiger partial charge in [0.05, 0.1) is 19.8 Å². The number of aryl methyl sites for hydroxylation is 1. The van der Waals surface area contributed by atoms with E-state index in [1.807, 2.05) is 0 Å². The number of carbonyl (C=O) groups is 1. The molecule has 0 atom stereocenters. The van der Waals surface area contributed by atoms with Crippen LogP contribution in [0.1, 0.15) is 19.4 Å². The van der Waals surface area contributed by atoms with E-state index in [4.69, 9.17) is 4.74 Å². The molecule has 0 unspecified atom stereocenters. The molecule has 1 aromatic carbocycles. The van der Waals surface area contributed by atoms with Crippen LogP contribution in [0.5, 0.6) is 0 Å². The maximum Gasteiger partial charge on any atom is 0.234 e. The second-order valence-corrected chi connectivity index (χ2v) is 8.24. The first-order chi connectivity index (χ1) is 13.0. The molecule has 2 fully saturated rings. The van der Waals surface area contributed by atoms with Crippen LogP contribution in [0.4, 0.5) is 5.69 Å². The highest BCUT2D eigenvalue weighted by molar-refractivity contribution is 5.78. The van der Waals surface area contributed by atoms with Gasteiger partial charge in [0, 0.05) is 57.0 Å². The molecular weight excluding hydrogens is 340 g/mol. The number of nitrogens with one attached hydrogen (secondary N) is 1. The van der Waals surface area contributed by atoms with E-state index < -0.39 is 0 Å². The van der Waals surface area contributed by atoms with Crippen molar-refractivity contribution in [1.29, 1.82) is 0 Å². The molecule has 6 nitrogen and oxygen atoms in total. The zero-order chi connectivity index (χ0) is 19.3. The van der Waals surface area contributed by atoms with E-state index in [9.17, 15) is 4.79 Å². The Bertz CT molecular complexity index is 620. The standard InChI is InChI=1S/C21H34N4O2/c1-18-6-4-5-7-19(18)24-10-8-23(9-11-24)16-20(26)22-17-21(2,3)25-12-14-27-15-13-25/h4-7H,8-17H2,1-3H3,(H,22,26). The van der Waals surface area contributed by atoms with Crippen molar-refractivity contribution in [2.75, 3.05) is 70.5 Å². The average molecular weight is 375 g/mol. The molecule has 2 aliphatic rings. The Morgan fingerprint density at radius 3 is 2.41 bits per heavy atom. The molecule has 0 aliphatic carbocycles. The molecule has 0 spiro atoms. The first-order valence-electron chi connectivity index (χ1n) is 10.1. The minimum absolute atomic E-state index is 0.0387. The topological polar surface area (TPSA) is 48.0 Å². The number of rotatable bonds is 6. The lowest BCUT2D eigenvalue weighted by molar-refractivity contribution is -0.123. The van der Waals surface area contributed by atoms with Crippen molar-refractivity contribution in [3.8, 4) is 0 Å². The second kappa shape index (κ2) is 9.04. The van der Waals surface area contributed by atoms with Crippen molar-refractivity contribution >= 4 is 11.6 Å². The predicted molar refractivity (Wildman–Crippen MR) is 109 cm³/mol. The highest BCUT2D eigenvalue weighted by Crippen LogP contribution is 2.20. The molecule has 1 amide bonds. The SMILES string of the molecule is Cc1ccccc1N1CCN(CC(=O)NCC(C)(C)N2CCOCC2)CC1. The molecule has 0 bridgehead atoms. The summed E-state index contributed by atoms with van der Waals surface area (Å²) in [6, 6.07) is 8.52. The molecular formula is C21H34N4O2. The molecule has 27 heavy (non-hydrogen) atoms. The van der Waals surface area contributed by atoms with Crippen molar-refractivity contribution in [2.45, 2.75) is 26.3 Å². The van der Waals surface area contributed by atoms with E-state index in [1.54, 1.807) is 0 Å². The minimum Gasteiger partial charge on any atom is -0.379 e. The molecule has 2 heterocycles. The predicted octanol–water partition coefficient (Wildman–Crippen LogP) is 1.34. The summed E-state index contributed by atoms with van der Waals surface area (Å²) in [6.45, 7) is 14.9. The van der Waals surface area contributed by atoms with Crippen LogP contribution in [0.3, 0.4) is 0 Å². The van der Waals surface area contributed by atoms with Gasteiger partial charge in [-0.2, -0.15) is 0 Å². The van der Waals surface area contributed by atoms with Crippen LogP contribution in [0, 0.1) is 6.92 Å². The average Bonchev–Trinajstić information content (AvgIpc) is 2.68. The Kier molecular flexibility index (Phi) is 6.73. The van der Waals surface area contributed by atoms with E-state index in [0.29, 0.717) is 13.1 Å². The Balaban J connectivity index is 1.41. The van der Waals surface area contributed by atoms with Gasteiger partial charge in [-0.25, -0.2) is 0 Å². The highest BCUT2D eigenvalue weighted by Gasteiger charge is 2.29. The molecule has 2 saturated heterocycles. The van der Waals surface area contributed by atoms with Gasteiger partial charge in [-0.1, -0.05) is 18.2 Å². The number of hydrogen-bond donors (Lipinski definition) is 1. The summed E-state index contributed by atoms with van der Waals surface area (Å²) in [5.74, 6) is 0.126. The zero-order valence-corrected chi connectivity index (χ0v) is 17.0. The number of carbonyl (C=O) groups excluding carboxylic acids is 1. The Labute approximate surface area is 163 Å². The van der Waals surface area contributed by atoms with Crippen LogP contribution in [0.15, 0.2) is 24.3 Å². The van der Waals surface area contributed by atoms with Crippen LogP contribution < -0.4 is 10.2 Å². The van der Waals surface area contributed by atoms with Gasteiger partial charge in [0.1, 0.15) is 0 Å². The summed E-state index contributed by atoms with van der Waals surface area (Å²) >= 11 is 0. The lowest BCUT2D eigenvalue weighted by Crippen LogP contribution is -2.56. The number of nitrogens with zero attached hydrogens (tertiary/aromatic N) is 3. The largest absolute Gasteiger partial charge is 0.379 e. The van der Waals surface area contributed by atoms with Crippen molar-refractivity contribution in [2.24, 2.45) is 0 Å². The molecule has 0 radical (unpaired) electrons. The van der Waals surface area contributed by atoms with Crippen molar-refractivity contribution in [3.05, 3.63) is 29.8 Å². The molecule has 0 saturated carbocycles. The van der Waals surface area contributed by atoms with Gasteiger partial charge in [0.2, 0.25) is 5.91 Å². The molecule has 1 aromatic rings. The normalized spacial score (nSPS) is 19.9. The summed E-state index contributed by atoms with van der Waals surface area (Å²) < 4.78 is 5.43. The summed E-state index contributed by atoms with van der Waals surface area (Å²) in [5.41, 5.74) is 2.59. The van der Waals surface area contributed by atoms with E-state index in [2.05, 4.69) is 65.1 Å². The molecule has 2 aliphatic heterocycles. The van der Waals surface area contributed by atoms with Crippen molar-refractivity contribution in [1.82, 2.24) is 15.1 Å². The quantitative estimate of drug-likeness (QED) is 0.814.